The number of carbonyl (C=O) groups is 1. The number of aromatic nitrogens is 2. The fourth-order valence-electron chi connectivity index (χ4n) is 1.74. The van der Waals surface area contributed by atoms with E-state index in [0.29, 0.717) is 5.56 Å². The standard InChI is InChI=1S/C12H12N2O2/c1-8(11-6-13-7-14-11)9-4-2-3-5-10(9)12(15)16/h2-8H,1H3,(H,13,14)(H,15,16). The number of imidazole rings is 1. The molecule has 82 valence electrons. The molecule has 0 spiro atoms. The fraction of sp³-hybridized carbons (Fsp3) is 0.167. The summed E-state index contributed by atoms with van der Waals surface area (Å²) in [6.07, 6.45) is 3.30. The van der Waals surface area contributed by atoms with Crippen molar-refractivity contribution in [3.05, 3.63) is 53.6 Å². The van der Waals surface area contributed by atoms with Crippen molar-refractivity contribution < 1.29 is 9.90 Å². The second-order valence-corrected chi connectivity index (χ2v) is 3.62. The van der Waals surface area contributed by atoms with Crippen LogP contribution in [0.4, 0.5) is 0 Å². The zero-order chi connectivity index (χ0) is 11.5. The van der Waals surface area contributed by atoms with Crippen LogP contribution in [-0.2, 0) is 0 Å². The number of rotatable bonds is 3. The summed E-state index contributed by atoms with van der Waals surface area (Å²) in [6.45, 7) is 1.95. The molecule has 0 saturated carbocycles. The lowest BCUT2D eigenvalue weighted by molar-refractivity contribution is 0.0695. The molecular formula is C12H12N2O2. The number of carboxylic acid groups (broad SMARTS) is 1. The minimum Gasteiger partial charge on any atom is -0.478 e. The zero-order valence-electron chi connectivity index (χ0n) is 8.84. The molecular weight excluding hydrogens is 204 g/mol. The van der Waals surface area contributed by atoms with Crippen LogP contribution in [0.25, 0.3) is 0 Å². The summed E-state index contributed by atoms with van der Waals surface area (Å²) in [5, 5.41) is 9.09. The number of benzene rings is 1. The van der Waals surface area contributed by atoms with Crippen LogP contribution >= 0.6 is 0 Å². The topological polar surface area (TPSA) is 66.0 Å². The van der Waals surface area contributed by atoms with E-state index in [2.05, 4.69) is 9.97 Å². The van der Waals surface area contributed by atoms with Gasteiger partial charge < -0.3 is 10.1 Å². The second-order valence-electron chi connectivity index (χ2n) is 3.62. The maximum Gasteiger partial charge on any atom is 0.335 e. The van der Waals surface area contributed by atoms with Gasteiger partial charge in [0.05, 0.1) is 11.9 Å². The van der Waals surface area contributed by atoms with Crippen molar-refractivity contribution in [2.45, 2.75) is 12.8 Å². The van der Waals surface area contributed by atoms with Gasteiger partial charge in [0.2, 0.25) is 0 Å². The average Bonchev–Trinajstić information content (AvgIpc) is 2.81. The molecule has 1 aromatic heterocycles. The third-order valence-corrected chi connectivity index (χ3v) is 2.64. The van der Waals surface area contributed by atoms with Crippen molar-refractivity contribution in [3.63, 3.8) is 0 Å². The van der Waals surface area contributed by atoms with Crippen molar-refractivity contribution >= 4 is 5.97 Å². The highest BCUT2D eigenvalue weighted by Crippen LogP contribution is 2.25. The molecule has 16 heavy (non-hydrogen) atoms. The summed E-state index contributed by atoms with van der Waals surface area (Å²) in [5.74, 6) is -0.906. The van der Waals surface area contributed by atoms with Crippen molar-refractivity contribution in [1.29, 1.82) is 0 Å². The molecule has 2 rings (SSSR count). The largest absolute Gasteiger partial charge is 0.478 e. The molecule has 2 aromatic rings. The van der Waals surface area contributed by atoms with Gasteiger partial charge in [0.15, 0.2) is 0 Å². The molecule has 0 radical (unpaired) electrons. The van der Waals surface area contributed by atoms with Gasteiger partial charge in [-0.05, 0) is 11.6 Å². The van der Waals surface area contributed by atoms with Crippen LogP contribution in [0.1, 0.15) is 34.5 Å². The fourth-order valence-corrected chi connectivity index (χ4v) is 1.74. The van der Waals surface area contributed by atoms with Gasteiger partial charge in [-0.15, -0.1) is 0 Å². The minimum absolute atomic E-state index is 0.00481. The molecule has 0 aliphatic heterocycles. The Labute approximate surface area is 93.0 Å². The van der Waals surface area contributed by atoms with Crippen LogP contribution in [0.5, 0.6) is 0 Å². The van der Waals surface area contributed by atoms with Gasteiger partial charge >= 0.3 is 5.97 Å². The monoisotopic (exact) mass is 216 g/mol. The van der Waals surface area contributed by atoms with Gasteiger partial charge in [0, 0.05) is 17.8 Å². The third-order valence-electron chi connectivity index (χ3n) is 2.64. The number of nitrogens with one attached hydrogen (secondary N) is 1. The lowest BCUT2D eigenvalue weighted by Gasteiger charge is -2.12. The van der Waals surface area contributed by atoms with E-state index in [1.54, 1.807) is 24.7 Å². The molecule has 0 aliphatic rings. The van der Waals surface area contributed by atoms with Crippen molar-refractivity contribution in [3.8, 4) is 0 Å². The first-order valence-corrected chi connectivity index (χ1v) is 5.00. The number of hydrogen-bond acceptors (Lipinski definition) is 2. The van der Waals surface area contributed by atoms with E-state index in [1.807, 2.05) is 19.1 Å². The van der Waals surface area contributed by atoms with Crippen molar-refractivity contribution in [2.24, 2.45) is 0 Å². The van der Waals surface area contributed by atoms with E-state index in [-0.39, 0.29) is 5.92 Å². The first kappa shape index (κ1) is 10.4. The molecule has 0 aliphatic carbocycles. The van der Waals surface area contributed by atoms with Gasteiger partial charge in [-0.3, -0.25) is 0 Å². The highest BCUT2D eigenvalue weighted by atomic mass is 16.4. The maximum absolute atomic E-state index is 11.1. The smallest absolute Gasteiger partial charge is 0.335 e. The van der Waals surface area contributed by atoms with Gasteiger partial charge in [0.25, 0.3) is 0 Å². The Morgan fingerprint density at radius 3 is 2.81 bits per heavy atom. The number of carboxylic acids is 1. The summed E-state index contributed by atoms with van der Waals surface area (Å²) in [7, 11) is 0. The van der Waals surface area contributed by atoms with E-state index in [9.17, 15) is 4.79 Å². The number of hydrogen-bond donors (Lipinski definition) is 2. The molecule has 0 fully saturated rings. The quantitative estimate of drug-likeness (QED) is 0.827. The van der Waals surface area contributed by atoms with E-state index in [4.69, 9.17) is 5.11 Å². The van der Waals surface area contributed by atoms with Crippen LogP contribution in [0, 0.1) is 0 Å². The molecule has 1 unspecified atom stereocenters. The maximum atomic E-state index is 11.1. The molecule has 4 heteroatoms. The Hall–Kier alpha value is -2.10. The first-order chi connectivity index (χ1) is 7.70. The molecule has 0 bridgehead atoms. The third kappa shape index (κ3) is 1.82. The number of nitrogens with zero attached hydrogens (tertiary/aromatic N) is 1. The lowest BCUT2D eigenvalue weighted by Crippen LogP contribution is -2.06. The predicted molar refractivity (Wildman–Crippen MR) is 59.5 cm³/mol. The van der Waals surface area contributed by atoms with Crippen LogP contribution in [-0.4, -0.2) is 21.0 Å². The zero-order valence-corrected chi connectivity index (χ0v) is 8.84. The summed E-state index contributed by atoms with van der Waals surface area (Å²) < 4.78 is 0. The summed E-state index contributed by atoms with van der Waals surface area (Å²) in [4.78, 5) is 18.0. The lowest BCUT2D eigenvalue weighted by atomic mass is 9.93. The molecule has 0 saturated heterocycles. The Morgan fingerprint density at radius 1 is 1.44 bits per heavy atom. The molecule has 1 atom stereocenters. The number of aromatic amines is 1. The molecule has 0 amide bonds. The van der Waals surface area contributed by atoms with E-state index in [1.165, 1.54) is 0 Å². The SMILES string of the molecule is CC(c1cnc[nH]1)c1ccccc1C(=O)O. The Balaban J connectivity index is 2.44. The molecule has 1 heterocycles. The summed E-state index contributed by atoms with van der Waals surface area (Å²) in [6, 6.07) is 7.01. The van der Waals surface area contributed by atoms with E-state index < -0.39 is 5.97 Å². The number of H-pyrrole nitrogens is 1. The Morgan fingerprint density at radius 2 is 2.19 bits per heavy atom. The number of aromatic carboxylic acids is 1. The Kier molecular flexibility index (Phi) is 2.72. The average molecular weight is 216 g/mol. The summed E-state index contributed by atoms with van der Waals surface area (Å²) in [5.41, 5.74) is 2.04. The van der Waals surface area contributed by atoms with Gasteiger partial charge in [-0.2, -0.15) is 0 Å². The van der Waals surface area contributed by atoms with E-state index >= 15 is 0 Å². The van der Waals surface area contributed by atoms with Crippen molar-refractivity contribution in [1.82, 2.24) is 9.97 Å². The highest BCUT2D eigenvalue weighted by Gasteiger charge is 2.16. The predicted octanol–water partition coefficient (Wildman–Crippen LogP) is 2.26. The normalized spacial score (nSPS) is 12.3. The molecule has 2 N–H and O–H groups in total. The van der Waals surface area contributed by atoms with Crippen LogP contribution in [0.3, 0.4) is 0 Å². The Bertz CT molecular complexity index is 491. The van der Waals surface area contributed by atoms with Crippen LogP contribution in [0.15, 0.2) is 36.8 Å². The van der Waals surface area contributed by atoms with Gasteiger partial charge in [-0.1, -0.05) is 25.1 Å². The first-order valence-electron chi connectivity index (χ1n) is 5.00. The highest BCUT2D eigenvalue weighted by molar-refractivity contribution is 5.89. The summed E-state index contributed by atoms with van der Waals surface area (Å²) >= 11 is 0. The molecule has 1 aromatic carbocycles. The van der Waals surface area contributed by atoms with Crippen LogP contribution < -0.4 is 0 Å². The van der Waals surface area contributed by atoms with Crippen molar-refractivity contribution in [2.75, 3.05) is 0 Å². The van der Waals surface area contributed by atoms with E-state index in [0.717, 1.165) is 11.3 Å². The van der Waals surface area contributed by atoms with Gasteiger partial charge in [0.1, 0.15) is 0 Å². The van der Waals surface area contributed by atoms with Crippen LogP contribution in [0.2, 0.25) is 0 Å². The minimum atomic E-state index is -0.901. The molecule has 4 nitrogen and oxygen atoms in total. The second kappa shape index (κ2) is 4.18. The van der Waals surface area contributed by atoms with Gasteiger partial charge in [-0.25, -0.2) is 9.78 Å².